The van der Waals surface area contributed by atoms with Crippen molar-refractivity contribution >= 4 is 11.4 Å². The van der Waals surface area contributed by atoms with E-state index < -0.39 is 0 Å². The molecule has 0 radical (unpaired) electrons. The minimum atomic E-state index is 0.504. The number of nitrogens with two attached hydrogens (primary N) is 2. The smallest absolute Gasteiger partial charge is 0.123 e. The number of ether oxygens (including phenoxy) is 1. The van der Waals surface area contributed by atoms with Gasteiger partial charge in [0.15, 0.2) is 0 Å². The third kappa shape index (κ3) is 3.77. The highest BCUT2D eigenvalue weighted by atomic mass is 16.5. The molecule has 2 aromatic carbocycles. The lowest BCUT2D eigenvalue weighted by molar-refractivity contribution is 0.412. The van der Waals surface area contributed by atoms with Crippen LogP contribution in [0.2, 0.25) is 0 Å². The molecular weight excluding hydrogens is 262 g/mol. The molecule has 0 saturated heterocycles. The lowest BCUT2D eigenvalue weighted by atomic mass is 10.1. The van der Waals surface area contributed by atoms with E-state index in [1.54, 1.807) is 13.3 Å². The van der Waals surface area contributed by atoms with Crippen LogP contribution in [0.1, 0.15) is 16.7 Å². The molecule has 4 heteroatoms. The molecule has 0 unspecified atom stereocenters. The number of hydrogen-bond donors (Lipinski definition) is 3. The minimum absolute atomic E-state index is 0.504. The van der Waals surface area contributed by atoms with Gasteiger partial charge in [0, 0.05) is 24.5 Å². The molecule has 110 valence electrons. The van der Waals surface area contributed by atoms with Gasteiger partial charge < -0.3 is 21.5 Å². The summed E-state index contributed by atoms with van der Waals surface area (Å²) >= 11 is 0. The zero-order valence-corrected chi connectivity index (χ0v) is 12.4. The summed E-state index contributed by atoms with van der Waals surface area (Å²) < 4.78 is 5.30. The van der Waals surface area contributed by atoms with Crippen LogP contribution >= 0.6 is 0 Å². The van der Waals surface area contributed by atoms with Crippen molar-refractivity contribution < 1.29 is 4.74 Å². The van der Waals surface area contributed by atoms with E-state index >= 15 is 0 Å². The fourth-order valence-electron chi connectivity index (χ4n) is 2.03. The highest BCUT2D eigenvalue weighted by Crippen LogP contribution is 2.22. The van der Waals surface area contributed by atoms with Crippen LogP contribution in [0.25, 0.3) is 5.70 Å². The summed E-state index contributed by atoms with van der Waals surface area (Å²) in [6.45, 7) is 2.51. The van der Waals surface area contributed by atoms with Gasteiger partial charge in [-0.15, -0.1) is 0 Å². The first-order valence-corrected chi connectivity index (χ1v) is 6.80. The van der Waals surface area contributed by atoms with Crippen molar-refractivity contribution in [2.45, 2.75) is 13.5 Å². The van der Waals surface area contributed by atoms with Gasteiger partial charge in [-0.25, -0.2) is 0 Å². The van der Waals surface area contributed by atoms with Crippen LogP contribution < -0.4 is 21.5 Å². The van der Waals surface area contributed by atoms with Gasteiger partial charge in [0.2, 0.25) is 0 Å². The third-order valence-electron chi connectivity index (χ3n) is 3.30. The highest BCUT2D eigenvalue weighted by molar-refractivity contribution is 5.66. The predicted octanol–water partition coefficient (Wildman–Crippen LogP) is 2.83. The van der Waals surface area contributed by atoms with Gasteiger partial charge in [0.05, 0.1) is 12.8 Å². The van der Waals surface area contributed by atoms with E-state index in [0.717, 1.165) is 28.1 Å². The first-order chi connectivity index (χ1) is 10.1. The van der Waals surface area contributed by atoms with Gasteiger partial charge in [-0.2, -0.15) is 0 Å². The summed E-state index contributed by atoms with van der Waals surface area (Å²) in [5, 5.41) is 3.18. The normalized spacial score (nSPS) is 11.3. The molecule has 0 amide bonds. The van der Waals surface area contributed by atoms with E-state index in [1.807, 2.05) is 49.4 Å². The summed E-state index contributed by atoms with van der Waals surface area (Å²) in [6.07, 6.45) is 1.78. The average molecular weight is 283 g/mol. The van der Waals surface area contributed by atoms with Crippen LogP contribution in [0.15, 0.2) is 48.7 Å². The van der Waals surface area contributed by atoms with Gasteiger partial charge in [-0.3, -0.25) is 0 Å². The first-order valence-electron chi connectivity index (χ1n) is 6.80. The van der Waals surface area contributed by atoms with E-state index in [1.165, 1.54) is 0 Å². The summed E-state index contributed by atoms with van der Waals surface area (Å²) in [5.74, 6) is 0.845. The van der Waals surface area contributed by atoms with E-state index in [-0.39, 0.29) is 0 Å². The second-order valence-corrected chi connectivity index (χ2v) is 4.83. The van der Waals surface area contributed by atoms with E-state index in [4.69, 9.17) is 16.2 Å². The molecule has 0 aromatic heterocycles. The number of rotatable bonds is 5. The largest absolute Gasteiger partial charge is 0.496 e. The van der Waals surface area contributed by atoms with Crippen molar-refractivity contribution in [3.63, 3.8) is 0 Å². The summed E-state index contributed by atoms with van der Waals surface area (Å²) in [5.41, 5.74) is 16.4. The molecule has 0 atom stereocenters. The Labute approximate surface area is 125 Å². The highest BCUT2D eigenvalue weighted by Gasteiger charge is 2.01. The SMILES string of the molecule is COc1cc(N/C=C(\N)c2cccc(CN)c2)ccc1C. The fraction of sp³-hybridized carbons (Fsp3) is 0.176. The number of methoxy groups -OCH3 is 1. The lowest BCUT2D eigenvalue weighted by Gasteiger charge is -2.09. The molecule has 2 rings (SSSR count). The van der Waals surface area contributed by atoms with Crippen molar-refractivity contribution in [1.29, 1.82) is 0 Å². The Hall–Kier alpha value is -2.46. The first kappa shape index (κ1) is 14.9. The molecule has 0 fully saturated rings. The topological polar surface area (TPSA) is 73.3 Å². The minimum Gasteiger partial charge on any atom is -0.496 e. The Bertz CT molecular complexity index is 650. The van der Waals surface area contributed by atoms with Crippen LogP contribution in [-0.4, -0.2) is 7.11 Å². The summed E-state index contributed by atoms with van der Waals surface area (Å²) in [4.78, 5) is 0. The standard InChI is InChI=1S/C17H21N3O/c1-12-6-7-15(9-17(12)21-2)20-11-16(19)14-5-3-4-13(8-14)10-18/h3-9,11,20H,10,18-19H2,1-2H3/b16-11-. The molecule has 0 aliphatic heterocycles. The van der Waals surface area contributed by atoms with Gasteiger partial charge in [0.25, 0.3) is 0 Å². The average Bonchev–Trinajstić information content (AvgIpc) is 2.53. The molecule has 2 aromatic rings. The zero-order valence-electron chi connectivity index (χ0n) is 12.4. The number of anilines is 1. The Morgan fingerprint density at radius 2 is 2.05 bits per heavy atom. The van der Waals surface area contributed by atoms with Gasteiger partial charge in [0.1, 0.15) is 5.75 Å². The number of aryl methyl sites for hydroxylation is 1. The van der Waals surface area contributed by atoms with E-state index in [0.29, 0.717) is 12.2 Å². The molecule has 0 aliphatic carbocycles. The van der Waals surface area contributed by atoms with Crippen LogP contribution in [0.5, 0.6) is 5.75 Å². The molecule has 0 aliphatic rings. The number of hydrogen-bond acceptors (Lipinski definition) is 4. The molecule has 0 spiro atoms. The number of nitrogens with one attached hydrogen (secondary N) is 1. The van der Waals surface area contributed by atoms with Crippen molar-refractivity contribution in [2.24, 2.45) is 11.5 Å². The third-order valence-corrected chi connectivity index (χ3v) is 3.30. The number of benzene rings is 2. The Kier molecular flexibility index (Phi) is 4.85. The van der Waals surface area contributed by atoms with Crippen LogP contribution in [0.3, 0.4) is 0 Å². The van der Waals surface area contributed by atoms with Gasteiger partial charge in [-0.1, -0.05) is 24.3 Å². The fourth-order valence-corrected chi connectivity index (χ4v) is 2.03. The maximum atomic E-state index is 6.09. The molecule has 21 heavy (non-hydrogen) atoms. The van der Waals surface area contributed by atoms with Crippen LogP contribution in [-0.2, 0) is 6.54 Å². The maximum Gasteiger partial charge on any atom is 0.123 e. The predicted molar refractivity (Wildman–Crippen MR) is 87.9 cm³/mol. The van der Waals surface area contributed by atoms with Crippen LogP contribution in [0.4, 0.5) is 5.69 Å². The monoisotopic (exact) mass is 283 g/mol. The van der Waals surface area contributed by atoms with Crippen molar-refractivity contribution in [3.8, 4) is 5.75 Å². The molecule has 0 bridgehead atoms. The summed E-state index contributed by atoms with van der Waals surface area (Å²) in [6, 6.07) is 13.8. The quantitative estimate of drug-likeness (QED) is 0.789. The van der Waals surface area contributed by atoms with E-state index in [9.17, 15) is 0 Å². The molecule has 4 nitrogen and oxygen atoms in total. The Balaban J connectivity index is 2.16. The van der Waals surface area contributed by atoms with Gasteiger partial charge >= 0.3 is 0 Å². The molecule has 5 N–H and O–H groups in total. The van der Waals surface area contributed by atoms with Gasteiger partial charge in [-0.05, 0) is 35.7 Å². The lowest BCUT2D eigenvalue weighted by Crippen LogP contribution is -2.02. The Morgan fingerprint density at radius 1 is 1.24 bits per heavy atom. The Morgan fingerprint density at radius 3 is 2.76 bits per heavy atom. The second-order valence-electron chi connectivity index (χ2n) is 4.83. The molecule has 0 saturated carbocycles. The van der Waals surface area contributed by atoms with Crippen molar-refractivity contribution in [2.75, 3.05) is 12.4 Å². The van der Waals surface area contributed by atoms with Crippen LogP contribution in [0, 0.1) is 6.92 Å². The van der Waals surface area contributed by atoms with E-state index in [2.05, 4.69) is 5.32 Å². The van der Waals surface area contributed by atoms with Crippen molar-refractivity contribution in [3.05, 3.63) is 65.4 Å². The molecular formula is C17H21N3O. The summed E-state index contributed by atoms with van der Waals surface area (Å²) in [7, 11) is 1.66. The maximum absolute atomic E-state index is 6.09. The van der Waals surface area contributed by atoms with Crippen molar-refractivity contribution in [1.82, 2.24) is 0 Å². The second kappa shape index (κ2) is 6.81. The molecule has 0 heterocycles. The zero-order chi connectivity index (χ0) is 15.2.